The van der Waals surface area contributed by atoms with Gasteiger partial charge in [0.25, 0.3) is 0 Å². The van der Waals surface area contributed by atoms with Gasteiger partial charge in [0.05, 0.1) is 14.2 Å². The Labute approximate surface area is 154 Å². The highest BCUT2D eigenvalue weighted by atomic mass is 16.7. The van der Waals surface area contributed by atoms with E-state index in [0.29, 0.717) is 0 Å². The lowest BCUT2D eigenvalue weighted by Crippen LogP contribution is -2.15. The molecule has 0 saturated carbocycles. The highest BCUT2D eigenvalue weighted by molar-refractivity contribution is 5.74. The van der Waals surface area contributed by atoms with Gasteiger partial charge in [-0.25, -0.2) is 0 Å². The molecule has 0 spiro atoms. The fourth-order valence-electron chi connectivity index (χ4n) is 2.86. The molecule has 1 heterocycles. The van der Waals surface area contributed by atoms with Crippen LogP contribution in [0.5, 0.6) is 23.0 Å². The van der Waals surface area contributed by atoms with E-state index in [-0.39, 0.29) is 6.79 Å². The van der Waals surface area contributed by atoms with Crippen LogP contribution in [0, 0.1) is 0 Å². The maximum absolute atomic E-state index is 5.46. The minimum Gasteiger partial charge on any atom is -0.493 e. The van der Waals surface area contributed by atoms with Gasteiger partial charge in [-0.1, -0.05) is 18.2 Å². The molecule has 0 N–H and O–H groups in total. The molecule has 2 aromatic rings. The van der Waals surface area contributed by atoms with Gasteiger partial charge in [-0.3, -0.25) is 0 Å². The standard InChI is InChI=1S/C21H25NO4/c1-22(2)10-9-17-13-20(24-4)19(23-3)12-16(17)7-5-15-6-8-18-21(11-15)26-14-25-18/h5-8,11-13H,9-10,14H2,1-4H3/b7-5+. The molecule has 2 aromatic carbocycles. The second-order valence-electron chi connectivity index (χ2n) is 6.41. The van der Waals surface area contributed by atoms with E-state index in [0.717, 1.165) is 47.1 Å². The second kappa shape index (κ2) is 8.15. The van der Waals surface area contributed by atoms with E-state index in [1.807, 2.05) is 24.3 Å². The Kier molecular flexibility index (Phi) is 5.68. The molecule has 0 amide bonds. The smallest absolute Gasteiger partial charge is 0.231 e. The number of nitrogens with zero attached hydrogens (tertiary/aromatic N) is 1. The summed E-state index contributed by atoms with van der Waals surface area (Å²) < 4.78 is 21.7. The average Bonchev–Trinajstić information content (AvgIpc) is 3.12. The van der Waals surface area contributed by atoms with Gasteiger partial charge < -0.3 is 23.8 Å². The first-order chi connectivity index (χ1) is 12.6. The Morgan fingerprint density at radius 2 is 1.69 bits per heavy atom. The number of benzene rings is 2. The van der Waals surface area contributed by atoms with Gasteiger partial charge in [-0.05, 0) is 61.5 Å². The summed E-state index contributed by atoms with van der Waals surface area (Å²) in [6, 6.07) is 10.0. The Morgan fingerprint density at radius 3 is 2.42 bits per heavy atom. The molecule has 138 valence electrons. The first kappa shape index (κ1) is 18.1. The third kappa shape index (κ3) is 4.11. The molecular formula is C21H25NO4. The van der Waals surface area contributed by atoms with Crippen LogP contribution in [0.4, 0.5) is 0 Å². The van der Waals surface area contributed by atoms with Crippen LogP contribution < -0.4 is 18.9 Å². The summed E-state index contributed by atoms with van der Waals surface area (Å²) in [6.07, 6.45) is 5.10. The first-order valence-electron chi connectivity index (χ1n) is 8.58. The van der Waals surface area contributed by atoms with Crippen molar-refractivity contribution in [3.05, 3.63) is 47.0 Å². The highest BCUT2D eigenvalue weighted by Gasteiger charge is 2.13. The van der Waals surface area contributed by atoms with Crippen molar-refractivity contribution in [1.82, 2.24) is 4.90 Å². The molecular weight excluding hydrogens is 330 g/mol. The van der Waals surface area contributed by atoms with Crippen molar-refractivity contribution in [2.24, 2.45) is 0 Å². The average molecular weight is 355 g/mol. The lowest BCUT2D eigenvalue weighted by molar-refractivity contribution is 0.174. The molecule has 0 unspecified atom stereocenters. The molecule has 0 bridgehead atoms. The zero-order chi connectivity index (χ0) is 18.5. The van der Waals surface area contributed by atoms with Crippen LogP contribution in [0.3, 0.4) is 0 Å². The summed E-state index contributed by atoms with van der Waals surface area (Å²) in [5.74, 6) is 3.06. The number of ether oxygens (including phenoxy) is 4. The van der Waals surface area contributed by atoms with Crippen molar-refractivity contribution in [2.45, 2.75) is 6.42 Å². The zero-order valence-electron chi connectivity index (χ0n) is 15.7. The molecule has 0 atom stereocenters. The number of rotatable bonds is 7. The maximum Gasteiger partial charge on any atom is 0.231 e. The lowest BCUT2D eigenvalue weighted by atomic mass is 10.0. The molecule has 0 aliphatic carbocycles. The number of likely N-dealkylation sites (N-methyl/N-ethyl adjacent to an activating group) is 1. The molecule has 0 radical (unpaired) electrons. The molecule has 0 aromatic heterocycles. The van der Waals surface area contributed by atoms with Gasteiger partial charge in [0, 0.05) is 6.54 Å². The van der Waals surface area contributed by atoms with E-state index in [1.165, 1.54) is 5.56 Å². The fourth-order valence-corrected chi connectivity index (χ4v) is 2.86. The van der Waals surface area contributed by atoms with Crippen molar-refractivity contribution < 1.29 is 18.9 Å². The first-order valence-corrected chi connectivity index (χ1v) is 8.58. The lowest BCUT2D eigenvalue weighted by Gasteiger charge is -2.15. The van der Waals surface area contributed by atoms with Gasteiger partial charge >= 0.3 is 0 Å². The Morgan fingerprint density at radius 1 is 0.962 bits per heavy atom. The van der Waals surface area contributed by atoms with Crippen LogP contribution in [-0.4, -0.2) is 46.6 Å². The van der Waals surface area contributed by atoms with E-state index >= 15 is 0 Å². The summed E-state index contributed by atoms with van der Waals surface area (Å²) in [5.41, 5.74) is 3.39. The van der Waals surface area contributed by atoms with Crippen LogP contribution in [0.2, 0.25) is 0 Å². The summed E-state index contributed by atoms with van der Waals surface area (Å²) in [7, 11) is 7.46. The monoisotopic (exact) mass is 355 g/mol. The van der Waals surface area contributed by atoms with Crippen molar-refractivity contribution in [1.29, 1.82) is 0 Å². The van der Waals surface area contributed by atoms with Gasteiger partial charge in [0.15, 0.2) is 23.0 Å². The highest BCUT2D eigenvalue weighted by Crippen LogP contribution is 2.34. The minimum absolute atomic E-state index is 0.285. The van der Waals surface area contributed by atoms with Crippen LogP contribution in [0.25, 0.3) is 12.2 Å². The van der Waals surface area contributed by atoms with Gasteiger partial charge in [0.2, 0.25) is 6.79 Å². The molecule has 1 aliphatic rings. The SMILES string of the molecule is COc1cc(/C=C/c2ccc3c(c2)OCO3)c(CCN(C)C)cc1OC. The predicted octanol–water partition coefficient (Wildman–Crippen LogP) is 3.71. The third-order valence-electron chi connectivity index (χ3n) is 4.33. The summed E-state index contributed by atoms with van der Waals surface area (Å²) in [4.78, 5) is 2.17. The second-order valence-corrected chi connectivity index (χ2v) is 6.41. The molecule has 26 heavy (non-hydrogen) atoms. The van der Waals surface area contributed by atoms with Crippen LogP contribution in [0.1, 0.15) is 16.7 Å². The Bertz CT molecular complexity index is 799. The van der Waals surface area contributed by atoms with Gasteiger partial charge in [-0.2, -0.15) is 0 Å². The molecule has 1 aliphatic heterocycles. The predicted molar refractivity (Wildman–Crippen MR) is 103 cm³/mol. The Balaban J connectivity index is 1.91. The van der Waals surface area contributed by atoms with E-state index in [4.69, 9.17) is 18.9 Å². The molecule has 5 nitrogen and oxygen atoms in total. The fraction of sp³-hybridized carbons (Fsp3) is 0.333. The van der Waals surface area contributed by atoms with Gasteiger partial charge in [-0.15, -0.1) is 0 Å². The zero-order valence-corrected chi connectivity index (χ0v) is 15.7. The molecule has 5 heteroatoms. The van der Waals surface area contributed by atoms with Crippen molar-refractivity contribution in [2.75, 3.05) is 41.7 Å². The number of methoxy groups -OCH3 is 2. The summed E-state index contributed by atoms with van der Waals surface area (Å²) in [6.45, 7) is 1.24. The van der Waals surface area contributed by atoms with E-state index < -0.39 is 0 Å². The van der Waals surface area contributed by atoms with E-state index in [2.05, 4.69) is 37.2 Å². The minimum atomic E-state index is 0.285. The summed E-state index contributed by atoms with van der Waals surface area (Å²) >= 11 is 0. The molecule has 3 rings (SSSR count). The van der Waals surface area contributed by atoms with Crippen molar-refractivity contribution >= 4 is 12.2 Å². The number of fused-ring (bicyclic) bond motifs is 1. The summed E-state index contributed by atoms with van der Waals surface area (Å²) in [5, 5.41) is 0. The van der Waals surface area contributed by atoms with E-state index in [9.17, 15) is 0 Å². The largest absolute Gasteiger partial charge is 0.493 e. The Hall–Kier alpha value is -2.66. The third-order valence-corrected chi connectivity index (χ3v) is 4.33. The number of hydrogen-bond acceptors (Lipinski definition) is 5. The van der Waals surface area contributed by atoms with Crippen LogP contribution in [0.15, 0.2) is 30.3 Å². The normalized spacial score (nSPS) is 12.8. The maximum atomic E-state index is 5.46. The molecule has 0 fully saturated rings. The number of hydrogen-bond donors (Lipinski definition) is 0. The van der Waals surface area contributed by atoms with Crippen LogP contribution in [-0.2, 0) is 6.42 Å². The van der Waals surface area contributed by atoms with Crippen molar-refractivity contribution in [3.63, 3.8) is 0 Å². The quantitative estimate of drug-likeness (QED) is 0.708. The topological polar surface area (TPSA) is 40.2 Å². The molecule has 0 saturated heterocycles. The van der Waals surface area contributed by atoms with E-state index in [1.54, 1.807) is 14.2 Å². The van der Waals surface area contributed by atoms with Crippen molar-refractivity contribution in [3.8, 4) is 23.0 Å². The van der Waals surface area contributed by atoms with Crippen LogP contribution >= 0.6 is 0 Å². The van der Waals surface area contributed by atoms with Gasteiger partial charge in [0.1, 0.15) is 0 Å².